The normalized spacial score (nSPS) is 39.2. The summed E-state index contributed by atoms with van der Waals surface area (Å²) in [4.78, 5) is 0. The second kappa shape index (κ2) is 3.47. The topological polar surface area (TPSA) is 20.2 Å². The molecule has 13 heavy (non-hydrogen) atoms. The van der Waals surface area contributed by atoms with Gasteiger partial charge in [0.1, 0.15) is 0 Å². The zero-order valence-corrected chi connectivity index (χ0v) is 8.43. The van der Waals surface area contributed by atoms with E-state index < -0.39 is 5.60 Å². The molecule has 0 aliphatic heterocycles. The molecule has 72 valence electrons. The fourth-order valence-electron chi connectivity index (χ4n) is 2.20. The monoisotopic (exact) mass is 198 g/mol. The van der Waals surface area contributed by atoms with Gasteiger partial charge in [-0.05, 0) is 31.3 Å². The Labute approximate surface area is 84.1 Å². The van der Waals surface area contributed by atoms with Crippen LogP contribution in [0.1, 0.15) is 32.1 Å². The Balaban J connectivity index is 2.34. The molecule has 2 bridgehead atoms. The summed E-state index contributed by atoms with van der Waals surface area (Å²) < 4.78 is 0. The number of allylic oxidation sites excluding steroid dienone is 2. The van der Waals surface area contributed by atoms with Crippen LogP contribution in [0, 0.1) is 0 Å². The molecule has 2 rings (SSSR count). The Hall–Kier alpha value is -0.270. The van der Waals surface area contributed by atoms with E-state index in [1.54, 1.807) is 0 Å². The molecule has 0 amide bonds. The molecular weight excluding hydrogens is 184 g/mol. The van der Waals surface area contributed by atoms with Gasteiger partial charge in [0.25, 0.3) is 0 Å². The molecule has 1 N–H and O–H groups in total. The van der Waals surface area contributed by atoms with Crippen LogP contribution in [0.15, 0.2) is 23.8 Å². The molecule has 0 aromatic heterocycles. The van der Waals surface area contributed by atoms with Crippen LogP contribution < -0.4 is 0 Å². The first kappa shape index (κ1) is 9.29. The third-order valence-electron chi connectivity index (χ3n) is 3.04. The van der Waals surface area contributed by atoms with Crippen molar-refractivity contribution in [3.8, 4) is 0 Å². The molecule has 0 aromatic carbocycles. The van der Waals surface area contributed by atoms with Gasteiger partial charge < -0.3 is 5.11 Å². The van der Waals surface area contributed by atoms with Crippen molar-refractivity contribution < 1.29 is 5.11 Å². The van der Waals surface area contributed by atoms with E-state index in [1.165, 1.54) is 5.57 Å². The largest absolute Gasteiger partial charge is 0.388 e. The summed E-state index contributed by atoms with van der Waals surface area (Å²) in [5, 5.41) is 10.1. The SMILES string of the molecule is O[C@@]12CC=CC=C(CCCC1)[C@H]2Cl. The average molecular weight is 199 g/mol. The summed E-state index contributed by atoms with van der Waals surface area (Å²) >= 11 is 6.28. The summed E-state index contributed by atoms with van der Waals surface area (Å²) in [6.45, 7) is 0. The molecule has 0 heterocycles. The van der Waals surface area contributed by atoms with Crippen molar-refractivity contribution in [1.82, 2.24) is 0 Å². The van der Waals surface area contributed by atoms with Crippen LogP contribution in [0.5, 0.6) is 0 Å². The number of hydrogen-bond acceptors (Lipinski definition) is 1. The quantitative estimate of drug-likeness (QED) is 0.594. The van der Waals surface area contributed by atoms with Gasteiger partial charge in [-0.3, -0.25) is 0 Å². The Morgan fingerprint density at radius 3 is 3.15 bits per heavy atom. The molecule has 0 aromatic rings. The Bertz CT molecular complexity index is 257. The highest BCUT2D eigenvalue weighted by atomic mass is 35.5. The zero-order chi connectivity index (χ0) is 9.31. The molecule has 0 radical (unpaired) electrons. The second-order valence-corrected chi connectivity index (χ2v) is 4.48. The standard InChI is InChI=1S/C11H15ClO/c12-10-9-5-1-3-7-11(10,13)8-4-2-6-9/h1,3,5,10,13H,2,4,6-8H2/t10-,11+/m1/s1. The Morgan fingerprint density at radius 2 is 2.31 bits per heavy atom. The van der Waals surface area contributed by atoms with E-state index in [2.05, 4.69) is 6.08 Å². The van der Waals surface area contributed by atoms with Crippen LogP contribution in [0.4, 0.5) is 0 Å². The predicted molar refractivity (Wildman–Crippen MR) is 54.9 cm³/mol. The van der Waals surface area contributed by atoms with Crippen molar-refractivity contribution in [3.63, 3.8) is 0 Å². The van der Waals surface area contributed by atoms with Gasteiger partial charge in [-0.25, -0.2) is 0 Å². The highest BCUT2D eigenvalue weighted by molar-refractivity contribution is 6.23. The van der Waals surface area contributed by atoms with Gasteiger partial charge in [0.15, 0.2) is 0 Å². The van der Waals surface area contributed by atoms with E-state index in [1.807, 2.05) is 12.2 Å². The predicted octanol–water partition coefficient (Wildman–Crippen LogP) is 2.79. The summed E-state index contributed by atoms with van der Waals surface area (Å²) in [5.74, 6) is 0. The van der Waals surface area contributed by atoms with Crippen molar-refractivity contribution in [2.75, 3.05) is 0 Å². The lowest BCUT2D eigenvalue weighted by Crippen LogP contribution is -2.38. The van der Waals surface area contributed by atoms with E-state index in [0.29, 0.717) is 6.42 Å². The molecule has 1 nitrogen and oxygen atoms in total. The minimum absolute atomic E-state index is 0.176. The molecule has 2 aliphatic carbocycles. The summed E-state index contributed by atoms with van der Waals surface area (Å²) in [5.41, 5.74) is 0.520. The van der Waals surface area contributed by atoms with E-state index in [-0.39, 0.29) is 5.38 Å². The Kier molecular flexibility index (Phi) is 2.48. The third kappa shape index (κ3) is 1.68. The van der Waals surface area contributed by atoms with Crippen LogP contribution in [0.2, 0.25) is 0 Å². The van der Waals surface area contributed by atoms with Crippen molar-refractivity contribution in [2.45, 2.75) is 43.1 Å². The van der Waals surface area contributed by atoms with Gasteiger partial charge in [-0.1, -0.05) is 24.6 Å². The van der Waals surface area contributed by atoms with Crippen LogP contribution in [-0.4, -0.2) is 16.1 Å². The number of alkyl halides is 1. The smallest absolute Gasteiger partial charge is 0.0882 e. The van der Waals surface area contributed by atoms with Crippen LogP contribution in [0.25, 0.3) is 0 Å². The first-order valence-corrected chi connectivity index (χ1v) is 5.38. The van der Waals surface area contributed by atoms with Gasteiger partial charge in [0.05, 0.1) is 11.0 Å². The first-order valence-electron chi connectivity index (χ1n) is 4.94. The van der Waals surface area contributed by atoms with Crippen molar-refractivity contribution in [1.29, 1.82) is 0 Å². The highest BCUT2D eigenvalue weighted by Crippen LogP contribution is 2.38. The number of aliphatic hydroxyl groups is 1. The molecular formula is C11H15ClO. The van der Waals surface area contributed by atoms with Gasteiger partial charge in [0.2, 0.25) is 0 Å². The van der Waals surface area contributed by atoms with Crippen molar-refractivity contribution in [2.24, 2.45) is 0 Å². The molecule has 1 fully saturated rings. The highest BCUT2D eigenvalue weighted by Gasteiger charge is 2.38. The lowest BCUT2D eigenvalue weighted by Gasteiger charge is -2.30. The zero-order valence-electron chi connectivity index (χ0n) is 7.67. The number of rotatable bonds is 0. The fraction of sp³-hybridized carbons (Fsp3) is 0.636. The lowest BCUT2D eigenvalue weighted by molar-refractivity contribution is 0.0402. The minimum atomic E-state index is -0.684. The number of hydrogen-bond donors (Lipinski definition) is 1. The maximum atomic E-state index is 10.3. The molecule has 1 saturated carbocycles. The van der Waals surface area contributed by atoms with E-state index in [4.69, 9.17) is 11.6 Å². The molecule has 2 heteroatoms. The number of halogens is 1. The first-order chi connectivity index (χ1) is 6.22. The summed E-state index contributed by atoms with van der Waals surface area (Å²) in [7, 11) is 0. The van der Waals surface area contributed by atoms with Crippen molar-refractivity contribution in [3.05, 3.63) is 23.8 Å². The van der Waals surface area contributed by atoms with E-state index >= 15 is 0 Å². The van der Waals surface area contributed by atoms with Crippen LogP contribution >= 0.6 is 11.6 Å². The Morgan fingerprint density at radius 1 is 1.46 bits per heavy atom. The molecule has 0 spiro atoms. The third-order valence-corrected chi connectivity index (χ3v) is 3.73. The number of fused-ring (bicyclic) bond motifs is 2. The van der Waals surface area contributed by atoms with Gasteiger partial charge in [-0.2, -0.15) is 0 Å². The van der Waals surface area contributed by atoms with E-state index in [9.17, 15) is 5.11 Å². The van der Waals surface area contributed by atoms with Gasteiger partial charge in [-0.15, -0.1) is 11.6 Å². The summed E-state index contributed by atoms with van der Waals surface area (Å²) in [6.07, 6.45) is 10.9. The van der Waals surface area contributed by atoms with Crippen molar-refractivity contribution >= 4 is 11.6 Å². The average Bonchev–Trinajstić information content (AvgIpc) is 2.34. The molecule has 0 saturated heterocycles. The van der Waals surface area contributed by atoms with Gasteiger partial charge >= 0.3 is 0 Å². The summed E-state index contributed by atoms with van der Waals surface area (Å²) in [6, 6.07) is 0. The fourth-order valence-corrected chi connectivity index (χ4v) is 2.58. The maximum Gasteiger partial charge on any atom is 0.0882 e. The van der Waals surface area contributed by atoms with E-state index in [0.717, 1.165) is 25.7 Å². The maximum absolute atomic E-state index is 10.3. The lowest BCUT2D eigenvalue weighted by atomic mass is 9.90. The van der Waals surface area contributed by atoms with Gasteiger partial charge in [0, 0.05) is 0 Å². The second-order valence-electron chi connectivity index (χ2n) is 4.05. The minimum Gasteiger partial charge on any atom is -0.388 e. The molecule has 2 aliphatic rings. The molecule has 2 atom stereocenters. The molecule has 0 unspecified atom stereocenters. The van der Waals surface area contributed by atoms with Crippen LogP contribution in [-0.2, 0) is 0 Å². The van der Waals surface area contributed by atoms with Crippen LogP contribution in [0.3, 0.4) is 0 Å².